The first-order valence-corrected chi connectivity index (χ1v) is 9.81. The second kappa shape index (κ2) is 7.36. The van der Waals surface area contributed by atoms with Crippen molar-refractivity contribution in [2.24, 2.45) is 7.05 Å². The van der Waals surface area contributed by atoms with Gasteiger partial charge in [0.25, 0.3) is 5.91 Å². The SMILES string of the molecule is Cc1cc(C(=O)N2CCN(Cc3ccccc3C)CC2)c2c(C)nn(C)c2n1. The van der Waals surface area contributed by atoms with Gasteiger partial charge in [-0.3, -0.25) is 14.4 Å². The molecule has 1 aliphatic heterocycles. The third kappa shape index (κ3) is 3.40. The van der Waals surface area contributed by atoms with Gasteiger partial charge >= 0.3 is 0 Å². The Morgan fingerprint density at radius 1 is 1.07 bits per heavy atom. The molecule has 0 bridgehead atoms. The second-order valence-corrected chi connectivity index (χ2v) is 7.71. The lowest BCUT2D eigenvalue weighted by Crippen LogP contribution is -2.48. The van der Waals surface area contributed by atoms with E-state index in [0.717, 1.165) is 60.7 Å². The minimum absolute atomic E-state index is 0.0853. The fourth-order valence-corrected chi connectivity index (χ4v) is 4.05. The molecular formula is C22H27N5O. The molecule has 4 rings (SSSR count). The van der Waals surface area contributed by atoms with Crippen LogP contribution in [0.5, 0.6) is 0 Å². The van der Waals surface area contributed by atoms with Gasteiger partial charge in [-0.1, -0.05) is 24.3 Å². The molecule has 1 aromatic carbocycles. The minimum atomic E-state index is 0.0853. The van der Waals surface area contributed by atoms with Crippen LogP contribution in [0.3, 0.4) is 0 Å². The third-order valence-corrected chi connectivity index (χ3v) is 5.64. The van der Waals surface area contributed by atoms with Crippen LogP contribution in [-0.4, -0.2) is 56.7 Å². The Labute approximate surface area is 165 Å². The van der Waals surface area contributed by atoms with Gasteiger partial charge in [0.1, 0.15) is 0 Å². The van der Waals surface area contributed by atoms with Gasteiger partial charge in [0.2, 0.25) is 0 Å². The van der Waals surface area contributed by atoms with Crippen molar-refractivity contribution in [2.75, 3.05) is 26.2 Å². The number of pyridine rings is 1. The van der Waals surface area contributed by atoms with Crippen molar-refractivity contribution in [3.05, 3.63) is 58.4 Å². The standard InChI is InChI=1S/C22H27N5O/c1-15-7-5-6-8-18(15)14-26-9-11-27(12-10-26)22(28)19-13-16(2)23-21-20(19)17(3)24-25(21)4/h5-8,13H,9-12,14H2,1-4H3. The topological polar surface area (TPSA) is 54.3 Å². The molecule has 0 atom stereocenters. The highest BCUT2D eigenvalue weighted by Gasteiger charge is 2.25. The fourth-order valence-electron chi connectivity index (χ4n) is 4.05. The van der Waals surface area contributed by atoms with Gasteiger partial charge in [-0.2, -0.15) is 5.10 Å². The van der Waals surface area contributed by atoms with Crippen molar-refractivity contribution in [1.82, 2.24) is 24.6 Å². The zero-order valence-electron chi connectivity index (χ0n) is 17.1. The van der Waals surface area contributed by atoms with Crippen LogP contribution in [0.4, 0.5) is 0 Å². The molecule has 1 fully saturated rings. The first-order valence-electron chi connectivity index (χ1n) is 9.81. The van der Waals surface area contributed by atoms with Gasteiger partial charge in [0.05, 0.1) is 16.6 Å². The average molecular weight is 377 g/mol. The molecule has 0 radical (unpaired) electrons. The predicted molar refractivity (Wildman–Crippen MR) is 110 cm³/mol. The maximum Gasteiger partial charge on any atom is 0.254 e. The van der Waals surface area contributed by atoms with Gasteiger partial charge in [0, 0.05) is 45.5 Å². The molecule has 0 unspecified atom stereocenters. The molecule has 0 saturated carbocycles. The van der Waals surface area contributed by atoms with Crippen molar-refractivity contribution in [3.8, 4) is 0 Å². The number of hydrogen-bond acceptors (Lipinski definition) is 4. The van der Waals surface area contributed by atoms with E-state index < -0.39 is 0 Å². The molecule has 3 heterocycles. The Hall–Kier alpha value is -2.73. The molecular weight excluding hydrogens is 350 g/mol. The smallest absolute Gasteiger partial charge is 0.254 e. The molecule has 2 aromatic heterocycles. The molecule has 1 aliphatic rings. The van der Waals surface area contributed by atoms with Crippen LogP contribution in [0, 0.1) is 20.8 Å². The normalized spacial score (nSPS) is 15.4. The van der Waals surface area contributed by atoms with Crippen molar-refractivity contribution in [2.45, 2.75) is 27.3 Å². The number of rotatable bonds is 3. The van der Waals surface area contributed by atoms with E-state index >= 15 is 0 Å². The number of piperazine rings is 1. The quantitative estimate of drug-likeness (QED) is 0.704. The maximum absolute atomic E-state index is 13.3. The maximum atomic E-state index is 13.3. The van der Waals surface area contributed by atoms with Crippen molar-refractivity contribution >= 4 is 16.9 Å². The van der Waals surface area contributed by atoms with Crippen LogP contribution in [0.2, 0.25) is 0 Å². The zero-order valence-corrected chi connectivity index (χ0v) is 17.1. The van der Waals surface area contributed by atoms with Gasteiger partial charge in [0.15, 0.2) is 5.65 Å². The monoisotopic (exact) mass is 377 g/mol. The molecule has 0 N–H and O–H groups in total. The number of amides is 1. The van der Waals surface area contributed by atoms with Crippen LogP contribution in [0.15, 0.2) is 30.3 Å². The van der Waals surface area contributed by atoms with E-state index in [-0.39, 0.29) is 5.91 Å². The van der Waals surface area contributed by atoms with Crippen LogP contribution in [0.1, 0.15) is 32.9 Å². The molecule has 1 amide bonds. The first-order chi connectivity index (χ1) is 13.4. The van der Waals surface area contributed by atoms with Crippen molar-refractivity contribution < 1.29 is 4.79 Å². The van der Waals surface area contributed by atoms with Crippen molar-refractivity contribution in [3.63, 3.8) is 0 Å². The van der Waals surface area contributed by atoms with E-state index in [1.807, 2.05) is 31.9 Å². The summed E-state index contributed by atoms with van der Waals surface area (Å²) in [6.45, 7) is 10.2. The van der Waals surface area contributed by atoms with E-state index in [0.29, 0.717) is 0 Å². The van der Waals surface area contributed by atoms with Gasteiger partial charge in [-0.25, -0.2) is 4.98 Å². The minimum Gasteiger partial charge on any atom is -0.336 e. The lowest BCUT2D eigenvalue weighted by molar-refractivity contribution is 0.0630. The largest absolute Gasteiger partial charge is 0.336 e. The number of hydrogen-bond donors (Lipinski definition) is 0. The second-order valence-electron chi connectivity index (χ2n) is 7.71. The average Bonchev–Trinajstić information content (AvgIpc) is 2.97. The number of carbonyl (C=O) groups is 1. The zero-order chi connectivity index (χ0) is 19.8. The summed E-state index contributed by atoms with van der Waals surface area (Å²) in [7, 11) is 1.88. The first kappa shape index (κ1) is 18.6. The number of benzene rings is 1. The van der Waals surface area contributed by atoms with Crippen LogP contribution in [-0.2, 0) is 13.6 Å². The van der Waals surface area contributed by atoms with E-state index in [1.54, 1.807) is 4.68 Å². The lowest BCUT2D eigenvalue weighted by Gasteiger charge is -2.35. The number of aromatic nitrogens is 3. The molecule has 6 nitrogen and oxygen atoms in total. The highest BCUT2D eigenvalue weighted by Crippen LogP contribution is 2.23. The highest BCUT2D eigenvalue weighted by molar-refractivity contribution is 6.06. The lowest BCUT2D eigenvalue weighted by atomic mass is 10.1. The Balaban J connectivity index is 1.50. The predicted octanol–water partition coefficient (Wildman–Crippen LogP) is 2.85. The van der Waals surface area contributed by atoms with Gasteiger partial charge in [-0.15, -0.1) is 0 Å². The van der Waals surface area contributed by atoms with E-state index in [2.05, 4.69) is 46.2 Å². The summed E-state index contributed by atoms with van der Waals surface area (Å²) >= 11 is 0. The Morgan fingerprint density at radius 2 is 1.79 bits per heavy atom. The van der Waals surface area contributed by atoms with Gasteiger partial charge in [-0.05, 0) is 38.0 Å². The number of fused-ring (bicyclic) bond motifs is 1. The third-order valence-electron chi connectivity index (χ3n) is 5.64. The molecule has 146 valence electrons. The Kier molecular flexibility index (Phi) is 4.89. The molecule has 28 heavy (non-hydrogen) atoms. The molecule has 6 heteroatoms. The Bertz CT molecular complexity index is 1030. The van der Waals surface area contributed by atoms with E-state index in [1.165, 1.54) is 11.1 Å². The number of aryl methyl sites for hydroxylation is 4. The summed E-state index contributed by atoms with van der Waals surface area (Å²) in [5.74, 6) is 0.0853. The Morgan fingerprint density at radius 3 is 2.50 bits per heavy atom. The molecule has 0 spiro atoms. The summed E-state index contributed by atoms with van der Waals surface area (Å²) in [5, 5.41) is 5.34. The molecule has 1 saturated heterocycles. The van der Waals surface area contributed by atoms with Crippen LogP contribution < -0.4 is 0 Å². The number of nitrogens with zero attached hydrogens (tertiary/aromatic N) is 5. The van der Waals surface area contributed by atoms with Crippen molar-refractivity contribution in [1.29, 1.82) is 0 Å². The fraction of sp³-hybridized carbons (Fsp3) is 0.409. The van der Waals surface area contributed by atoms with E-state index in [9.17, 15) is 4.79 Å². The molecule has 3 aromatic rings. The highest BCUT2D eigenvalue weighted by atomic mass is 16.2. The molecule has 0 aliphatic carbocycles. The van der Waals surface area contributed by atoms with E-state index in [4.69, 9.17) is 0 Å². The van der Waals surface area contributed by atoms with Crippen LogP contribution >= 0.6 is 0 Å². The summed E-state index contributed by atoms with van der Waals surface area (Å²) < 4.78 is 1.76. The summed E-state index contributed by atoms with van der Waals surface area (Å²) in [6.07, 6.45) is 0. The summed E-state index contributed by atoms with van der Waals surface area (Å²) in [6, 6.07) is 10.4. The van der Waals surface area contributed by atoms with Gasteiger partial charge < -0.3 is 4.90 Å². The van der Waals surface area contributed by atoms with Crippen LogP contribution in [0.25, 0.3) is 11.0 Å². The summed E-state index contributed by atoms with van der Waals surface area (Å²) in [4.78, 5) is 22.3. The number of carbonyl (C=O) groups excluding carboxylic acids is 1. The summed E-state index contributed by atoms with van der Waals surface area (Å²) in [5.41, 5.74) is 5.88.